The average molecular weight is 773 g/mol. The van der Waals surface area contributed by atoms with E-state index in [1.54, 1.807) is 44.1 Å². The third-order valence-corrected chi connectivity index (χ3v) is 10.1. The lowest BCUT2D eigenvalue weighted by molar-refractivity contribution is -0.129. The molecule has 0 radical (unpaired) electrons. The molecular formula is C42H60N8O6. The second-order valence-corrected chi connectivity index (χ2v) is 15.4. The summed E-state index contributed by atoms with van der Waals surface area (Å²) in [5.41, 5.74) is 2.28. The number of benzene rings is 2. The number of hydrogen-bond donors (Lipinski definition) is 6. The highest BCUT2D eigenvalue weighted by atomic mass is 16.3. The van der Waals surface area contributed by atoms with Gasteiger partial charge in [0.25, 0.3) is 0 Å². The van der Waals surface area contributed by atoms with Gasteiger partial charge in [0.15, 0.2) is 0 Å². The Labute approximate surface area is 331 Å². The summed E-state index contributed by atoms with van der Waals surface area (Å²) in [6.45, 7) is 10.0. The fourth-order valence-corrected chi connectivity index (χ4v) is 6.62. The first-order chi connectivity index (χ1) is 26.7. The van der Waals surface area contributed by atoms with Crippen LogP contribution in [0.1, 0.15) is 44.5 Å². The van der Waals surface area contributed by atoms with Crippen molar-refractivity contribution in [3.8, 4) is 0 Å². The summed E-state index contributed by atoms with van der Waals surface area (Å²) in [4.78, 5) is 64.1. The van der Waals surface area contributed by atoms with Crippen molar-refractivity contribution < 1.29 is 29.4 Å². The zero-order valence-corrected chi connectivity index (χ0v) is 33.5. The van der Waals surface area contributed by atoms with Crippen LogP contribution in [0.15, 0.2) is 85.1 Å². The third kappa shape index (κ3) is 13.0. The number of aliphatic hydroxyl groups excluding tert-OH is 2. The first kappa shape index (κ1) is 43.7. The lowest BCUT2D eigenvalue weighted by Gasteiger charge is -2.36. The van der Waals surface area contributed by atoms with Gasteiger partial charge in [-0.2, -0.15) is 0 Å². The first-order valence-electron chi connectivity index (χ1n) is 19.4. The molecule has 6 atom stereocenters. The maximum Gasteiger partial charge on any atom is 0.318 e. The van der Waals surface area contributed by atoms with Crippen LogP contribution in [0.4, 0.5) is 9.59 Å². The summed E-state index contributed by atoms with van der Waals surface area (Å²) < 4.78 is 0. The molecule has 0 unspecified atom stereocenters. The van der Waals surface area contributed by atoms with Crippen LogP contribution in [0.25, 0.3) is 0 Å². The lowest BCUT2D eigenvalue weighted by atomic mass is 9.90. The molecule has 304 valence electrons. The van der Waals surface area contributed by atoms with Crippen LogP contribution in [0, 0.1) is 11.8 Å². The van der Waals surface area contributed by atoms with E-state index in [1.165, 1.54) is 4.90 Å². The van der Waals surface area contributed by atoms with E-state index in [4.69, 9.17) is 0 Å². The molecule has 2 heterocycles. The molecule has 14 heteroatoms. The number of nitrogens with zero attached hydrogens (tertiary/aromatic N) is 4. The minimum Gasteiger partial charge on any atom is -0.388 e. The molecule has 4 rings (SSSR count). The number of aromatic nitrogens is 1. The molecule has 1 fully saturated rings. The second kappa shape index (κ2) is 21.3. The number of urea groups is 2. The molecule has 1 aliphatic heterocycles. The van der Waals surface area contributed by atoms with Crippen molar-refractivity contribution in [3.05, 3.63) is 102 Å². The number of aliphatic hydroxyl groups is 2. The van der Waals surface area contributed by atoms with Crippen LogP contribution in [0.5, 0.6) is 0 Å². The van der Waals surface area contributed by atoms with Crippen LogP contribution < -0.4 is 21.3 Å². The van der Waals surface area contributed by atoms with Crippen LogP contribution in [0.3, 0.4) is 0 Å². The van der Waals surface area contributed by atoms with Gasteiger partial charge in [0.2, 0.25) is 11.8 Å². The van der Waals surface area contributed by atoms with Gasteiger partial charge in [-0.15, -0.1) is 0 Å². The van der Waals surface area contributed by atoms with Crippen LogP contribution in [-0.4, -0.2) is 130 Å². The minimum absolute atomic E-state index is 0.144. The monoisotopic (exact) mass is 772 g/mol. The lowest BCUT2D eigenvalue weighted by Crippen LogP contribution is -2.62. The zero-order chi connectivity index (χ0) is 40.8. The summed E-state index contributed by atoms with van der Waals surface area (Å²) in [7, 11) is 3.61. The van der Waals surface area contributed by atoms with E-state index in [1.807, 2.05) is 87.6 Å². The van der Waals surface area contributed by atoms with Gasteiger partial charge in [0.05, 0.1) is 24.3 Å². The number of rotatable bonds is 17. The number of carbonyl (C=O) groups is 4. The molecule has 0 aliphatic carbocycles. The summed E-state index contributed by atoms with van der Waals surface area (Å²) in [5, 5.41) is 35.6. The summed E-state index contributed by atoms with van der Waals surface area (Å²) >= 11 is 0. The Morgan fingerprint density at radius 2 is 1.14 bits per heavy atom. The van der Waals surface area contributed by atoms with E-state index in [2.05, 4.69) is 31.2 Å². The molecule has 2 aromatic carbocycles. The fourth-order valence-electron chi connectivity index (χ4n) is 6.62. The largest absolute Gasteiger partial charge is 0.388 e. The Balaban J connectivity index is 1.55. The van der Waals surface area contributed by atoms with Crippen molar-refractivity contribution in [2.75, 3.05) is 40.3 Å². The molecule has 1 saturated heterocycles. The maximum atomic E-state index is 14.0. The molecule has 1 aliphatic rings. The molecule has 0 spiro atoms. The first-order valence-corrected chi connectivity index (χ1v) is 19.4. The SMILES string of the molecule is CC(C)[C@H](NC(=O)N(C)Cc1ccccn1)C(=O)N[C@@H](Cc1ccccc1)[C@H](O)[C@@H](O)[C@H](Cc1ccccc1)NC(=O)[C@@H](NC(=O)N1CCN(C)CC1)C(C)C. The second-order valence-electron chi connectivity index (χ2n) is 15.4. The predicted octanol–water partition coefficient (Wildman–Crippen LogP) is 2.41. The zero-order valence-electron chi connectivity index (χ0n) is 33.5. The molecule has 3 aromatic rings. The van der Waals surface area contributed by atoms with Gasteiger partial charge in [0.1, 0.15) is 24.3 Å². The Morgan fingerprint density at radius 1 is 0.679 bits per heavy atom. The van der Waals surface area contributed by atoms with Crippen molar-refractivity contribution >= 4 is 23.9 Å². The molecule has 0 saturated carbocycles. The highest BCUT2D eigenvalue weighted by molar-refractivity contribution is 5.88. The van der Waals surface area contributed by atoms with Crippen LogP contribution >= 0.6 is 0 Å². The summed E-state index contributed by atoms with van der Waals surface area (Å²) in [6.07, 6.45) is -1.19. The number of likely N-dealkylation sites (N-methyl/N-ethyl adjacent to an activating group) is 1. The van der Waals surface area contributed by atoms with E-state index in [0.717, 1.165) is 24.2 Å². The minimum atomic E-state index is -1.57. The summed E-state index contributed by atoms with van der Waals surface area (Å²) in [6, 6.07) is 19.2. The Kier molecular flexibility index (Phi) is 16.6. The summed E-state index contributed by atoms with van der Waals surface area (Å²) in [5.74, 6) is -1.67. The number of piperazine rings is 1. The maximum absolute atomic E-state index is 14.0. The topological polar surface area (TPSA) is 179 Å². The van der Waals surface area contributed by atoms with Gasteiger partial charge in [-0.25, -0.2) is 9.59 Å². The highest BCUT2D eigenvalue weighted by Crippen LogP contribution is 2.17. The van der Waals surface area contributed by atoms with E-state index in [0.29, 0.717) is 18.8 Å². The van der Waals surface area contributed by atoms with E-state index >= 15 is 0 Å². The number of pyridine rings is 1. The number of carbonyl (C=O) groups excluding carboxylic acids is 4. The molecule has 0 bridgehead atoms. The smallest absolute Gasteiger partial charge is 0.318 e. The van der Waals surface area contributed by atoms with Gasteiger partial charge in [-0.3, -0.25) is 14.6 Å². The molecular weight excluding hydrogens is 713 g/mol. The van der Waals surface area contributed by atoms with Crippen molar-refractivity contribution in [2.24, 2.45) is 11.8 Å². The van der Waals surface area contributed by atoms with Crippen molar-refractivity contribution in [2.45, 2.75) is 83.5 Å². The van der Waals surface area contributed by atoms with Gasteiger partial charge in [0, 0.05) is 39.4 Å². The molecule has 6 N–H and O–H groups in total. The molecule has 56 heavy (non-hydrogen) atoms. The Morgan fingerprint density at radius 3 is 1.59 bits per heavy atom. The van der Waals surface area contributed by atoms with E-state index in [9.17, 15) is 29.4 Å². The number of hydrogen-bond acceptors (Lipinski definition) is 8. The predicted molar refractivity (Wildman–Crippen MR) is 215 cm³/mol. The number of nitrogens with one attached hydrogen (secondary N) is 4. The normalized spacial score (nSPS) is 16.6. The average Bonchev–Trinajstić information content (AvgIpc) is 3.18. The molecule has 14 nitrogen and oxygen atoms in total. The fraction of sp³-hybridized carbons (Fsp3) is 0.500. The van der Waals surface area contributed by atoms with Crippen LogP contribution in [0.2, 0.25) is 0 Å². The third-order valence-electron chi connectivity index (χ3n) is 10.1. The standard InChI is InChI=1S/C42H60N8O6/c1-28(2)35(46-41(55)49(6)27-32-19-13-14-20-43-32)39(53)44-33(25-30-15-9-7-10-16-30)37(51)38(52)34(26-31-17-11-8-12-18-31)45-40(54)36(29(3)4)47-42(56)50-23-21-48(5)22-24-50/h7-20,28-29,33-38,51-52H,21-27H2,1-6H3,(H,44,53)(H,45,54)(H,46,55)(H,47,56)/t33-,34-,35-,36-,37-,38-/m0/s1. The van der Waals surface area contributed by atoms with E-state index < -0.39 is 54.2 Å². The Hall–Kier alpha value is -5.05. The highest BCUT2D eigenvalue weighted by Gasteiger charge is 2.38. The number of amides is 6. The van der Waals surface area contributed by atoms with Gasteiger partial charge < -0.3 is 46.2 Å². The van der Waals surface area contributed by atoms with Crippen molar-refractivity contribution in [1.29, 1.82) is 0 Å². The molecule has 6 amide bonds. The van der Waals surface area contributed by atoms with Gasteiger partial charge >= 0.3 is 12.1 Å². The van der Waals surface area contributed by atoms with Crippen molar-refractivity contribution in [1.82, 2.24) is 41.0 Å². The molecule has 1 aromatic heterocycles. The van der Waals surface area contributed by atoms with Gasteiger partial charge in [-0.1, -0.05) is 94.4 Å². The van der Waals surface area contributed by atoms with Gasteiger partial charge in [-0.05, 0) is 55.0 Å². The van der Waals surface area contributed by atoms with E-state index in [-0.39, 0.29) is 37.3 Å². The Bertz CT molecular complexity index is 1670. The quantitative estimate of drug-likeness (QED) is 0.121. The van der Waals surface area contributed by atoms with Crippen LogP contribution in [-0.2, 0) is 29.0 Å². The van der Waals surface area contributed by atoms with Crippen molar-refractivity contribution in [3.63, 3.8) is 0 Å².